The summed E-state index contributed by atoms with van der Waals surface area (Å²) in [6.45, 7) is 13.9. The van der Waals surface area contributed by atoms with Crippen LogP contribution in [0, 0.1) is 0 Å². The summed E-state index contributed by atoms with van der Waals surface area (Å²) < 4.78 is 5.58. The van der Waals surface area contributed by atoms with E-state index in [-0.39, 0.29) is 17.0 Å². The third kappa shape index (κ3) is 5.22. The van der Waals surface area contributed by atoms with Gasteiger partial charge in [-0.1, -0.05) is 0 Å². The molecule has 0 aromatic rings. The molecule has 14 heavy (non-hydrogen) atoms. The monoisotopic (exact) mass is 201 g/mol. The fraction of sp³-hybridized carbons (Fsp3) is 0.909. The van der Waals surface area contributed by atoms with Gasteiger partial charge in [-0.05, 0) is 41.5 Å². The molecule has 0 bridgehead atoms. The van der Waals surface area contributed by atoms with Crippen LogP contribution in [0.2, 0.25) is 0 Å². The van der Waals surface area contributed by atoms with Gasteiger partial charge in [0.05, 0.1) is 5.60 Å². The third-order valence-electron chi connectivity index (χ3n) is 1.82. The number of rotatable bonds is 2. The van der Waals surface area contributed by atoms with Gasteiger partial charge in [0, 0.05) is 12.5 Å². The Morgan fingerprint density at radius 1 is 1.14 bits per heavy atom. The van der Waals surface area contributed by atoms with E-state index in [0.29, 0.717) is 6.73 Å². The predicted molar refractivity (Wildman–Crippen MR) is 58.0 cm³/mol. The predicted octanol–water partition coefficient (Wildman–Crippen LogP) is 2.41. The van der Waals surface area contributed by atoms with E-state index < -0.39 is 0 Å². The largest absolute Gasteiger partial charge is 0.355 e. The van der Waals surface area contributed by atoms with Gasteiger partial charge >= 0.3 is 0 Å². The summed E-state index contributed by atoms with van der Waals surface area (Å²) in [5.74, 6) is 0.0433. The van der Waals surface area contributed by atoms with Crippen molar-refractivity contribution in [3.05, 3.63) is 0 Å². The summed E-state index contributed by atoms with van der Waals surface area (Å²) in [5.41, 5.74) is -0.393. The maximum Gasteiger partial charge on any atom is 0.221 e. The first-order valence-corrected chi connectivity index (χ1v) is 4.96. The summed E-state index contributed by atoms with van der Waals surface area (Å²) in [7, 11) is 0. The first kappa shape index (κ1) is 13.4. The number of carbonyl (C=O) groups is 1. The molecule has 3 nitrogen and oxygen atoms in total. The second kappa shape index (κ2) is 4.30. The molecular formula is C11H23NO2. The average Bonchev–Trinajstić information content (AvgIpc) is 1.79. The van der Waals surface area contributed by atoms with Gasteiger partial charge in [-0.15, -0.1) is 0 Å². The Hall–Kier alpha value is -0.570. The smallest absolute Gasteiger partial charge is 0.221 e. The van der Waals surface area contributed by atoms with Crippen LogP contribution >= 0.6 is 0 Å². The minimum absolute atomic E-state index is 0.0433. The SMILES string of the molecule is CC(=O)N(COC(C)(C)C)C(C)(C)C. The van der Waals surface area contributed by atoms with E-state index in [4.69, 9.17) is 4.74 Å². The van der Waals surface area contributed by atoms with Crippen molar-refractivity contribution in [3.8, 4) is 0 Å². The highest BCUT2D eigenvalue weighted by Crippen LogP contribution is 2.16. The Kier molecular flexibility index (Phi) is 4.13. The standard InChI is InChI=1S/C11H23NO2/c1-9(13)12(10(2,3)4)8-14-11(5,6)7/h8H2,1-7H3. The summed E-state index contributed by atoms with van der Waals surface area (Å²) in [6, 6.07) is 0. The van der Waals surface area contributed by atoms with Crippen LogP contribution in [0.15, 0.2) is 0 Å². The number of hydrogen-bond donors (Lipinski definition) is 0. The van der Waals surface area contributed by atoms with Crippen molar-refractivity contribution in [3.63, 3.8) is 0 Å². The molecule has 3 heteroatoms. The lowest BCUT2D eigenvalue weighted by atomic mass is 10.1. The first-order valence-electron chi connectivity index (χ1n) is 4.96. The Balaban J connectivity index is 4.35. The molecule has 0 spiro atoms. The normalized spacial score (nSPS) is 12.8. The maximum atomic E-state index is 11.4. The van der Waals surface area contributed by atoms with Crippen molar-refractivity contribution in [2.24, 2.45) is 0 Å². The Morgan fingerprint density at radius 2 is 1.57 bits per heavy atom. The van der Waals surface area contributed by atoms with Gasteiger partial charge in [0.15, 0.2) is 0 Å². The second-order valence-corrected chi connectivity index (χ2v) is 5.50. The van der Waals surface area contributed by atoms with Gasteiger partial charge in [-0.25, -0.2) is 0 Å². The molecule has 0 fully saturated rings. The van der Waals surface area contributed by atoms with Gasteiger partial charge in [0.1, 0.15) is 6.73 Å². The zero-order valence-electron chi connectivity index (χ0n) is 10.5. The lowest BCUT2D eigenvalue weighted by molar-refractivity contribution is -0.148. The molecule has 0 aliphatic rings. The molecule has 0 atom stereocenters. The fourth-order valence-electron chi connectivity index (χ4n) is 1.02. The van der Waals surface area contributed by atoms with Crippen LogP contribution in [0.5, 0.6) is 0 Å². The van der Waals surface area contributed by atoms with Crippen LogP contribution in [0.3, 0.4) is 0 Å². The molecule has 0 aromatic carbocycles. The van der Waals surface area contributed by atoms with Crippen LogP contribution in [-0.4, -0.2) is 28.7 Å². The van der Waals surface area contributed by atoms with Gasteiger partial charge in [-0.3, -0.25) is 4.79 Å². The van der Waals surface area contributed by atoms with Gasteiger partial charge in [0.25, 0.3) is 0 Å². The maximum absolute atomic E-state index is 11.4. The molecule has 0 saturated heterocycles. The topological polar surface area (TPSA) is 29.5 Å². The summed E-state index contributed by atoms with van der Waals surface area (Å²) >= 11 is 0. The quantitative estimate of drug-likeness (QED) is 0.642. The minimum Gasteiger partial charge on any atom is -0.355 e. The van der Waals surface area contributed by atoms with Gasteiger partial charge in [0.2, 0.25) is 5.91 Å². The highest BCUT2D eigenvalue weighted by atomic mass is 16.5. The molecule has 0 aliphatic heterocycles. The molecule has 84 valence electrons. The van der Waals surface area contributed by atoms with Gasteiger partial charge < -0.3 is 9.64 Å². The molecule has 0 saturated carbocycles. The van der Waals surface area contributed by atoms with Gasteiger partial charge in [-0.2, -0.15) is 0 Å². The first-order chi connectivity index (χ1) is 6.04. The van der Waals surface area contributed by atoms with E-state index in [0.717, 1.165) is 0 Å². The summed E-state index contributed by atoms with van der Waals surface area (Å²) in [4.78, 5) is 13.1. The number of carbonyl (C=O) groups excluding carboxylic acids is 1. The second-order valence-electron chi connectivity index (χ2n) is 5.50. The lowest BCUT2D eigenvalue weighted by Gasteiger charge is -2.36. The molecule has 0 radical (unpaired) electrons. The molecule has 0 unspecified atom stereocenters. The van der Waals surface area contributed by atoms with Crippen molar-refractivity contribution in [2.45, 2.75) is 59.6 Å². The molecule has 1 amide bonds. The Morgan fingerprint density at radius 3 is 1.79 bits per heavy atom. The molecule has 0 aliphatic carbocycles. The van der Waals surface area contributed by atoms with Crippen molar-refractivity contribution in [1.29, 1.82) is 0 Å². The van der Waals surface area contributed by atoms with E-state index in [2.05, 4.69) is 0 Å². The number of hydrogen-bond acceptors (Lipinski definition) is 2. The van der Waals surface area contributed by atoms with Crippen molar-refractivity contribution >= 4 is 5.91 Å². The molecule has 0 aromatic heterocycles. The van der Waals surface area contributed by atoms with E-state index in [9.17, 15) is 4.79 Å². The van der Waals surface area contributed by atoms with E-state index in [1.807, 2.05) is 41.5 Å². The molecule has 0 rings (SSSR count). The average molecular weight is 201 g/mol. The highest BCUT2D eigenvalue weighted by Gasteiger charge is 2.25. The number of nitrogens with zero attached hydrogens (tertiary/aromatic N) is 1. The zero-order valence-corrected chi connectivity index (χ0v) is 10.5. The van der Waals surface area contributed by atoms with Crippen molar-refractivity contribution in [2.75, 3.05) is 6.73 Å². The zero-order chi connectivity index (χ0) is 11.6. The van der Waals surface area contributed by atoms with E-state index in [1.165, 1.54) is 0 Å². The molecule has 0 heterocycles. The van der Waals surface area contributed by atoms with Crippen LogP contribution in [0.25, 0.3) is 0 Å². The minimum atomic E-state index is -0.209. The summed E-state index contributed by atoms with van der Waals surface area (Å²) in [6.07, 6.45) is 0. The molecular weight excluding hydrogens is 178 g/mol. The third-order valence-corrected chi connectivity index (χ3v) is 1.82. The van der Waals surface area contributed by atoms with E-state index in [1.54, 1.807) is 11.8 Å². The number of ether oxygens (including phenoxy) is 1. The Labute approximate surface area is 87.4 Å². The van der Waals surface area contributed by atoms with Crippen molar-refractivity contribution in [1.82, 2.24) is 4.90 Å². The highest BCUT2D eigenvalue weighted by molar-refractivity contribution is 5.73. The van der Waals surface area contributed by atoms with Crippen LogP contribution < -0.4 is 0 Å². The molecule has 0 N–H and O–H groups in total. The van der Waals surface area contributed by atoms with Crippen LogP contribution in [0.4, 0.5) is 0 Å². The number of amides is 1. The van der Waals surface area contributed by atoms with Crippen molar-refractivity contribution < 1.29 is 9.53 Å². The lowest BCUT2D eigenvalue weighted by Crippen LogP contribution is -2.47. The Bertz CT molecular complexity index is 198. The van der Waals surface area contributed by atoms with E-state index >= 15 is 0 Å². The van der Waals surface area contributed by atoms with Crippen LogP contribution in [-0.2, 0) is 9.53 Å². The van der Waals surface area contributed by atoms with Crippen LogP contribution in [0.1, 0.15) is 48.5 Å². The fourth-order valence-corrected chi connectivity index (χ4v) is 1.02. The summed E-state index contributed by atoms with van der Waals surface area (Å²) in [5, 5.41) is 0.